The molecule has 0 amide bonds. The van der Waals surface area contributed by atoms with E-state index in [1.807, 2.05) is 0 Å². The number of hydrogen-bond donors (Lipinski definition) is 2. The second-order valence-electron chi connectivity index (χ2n) is 2.19. The van der Waals surface area contributed by atoms with E-state index in [0.717, 1.165) is 0 Å². The summed E-state index contributed by atoms with van der Waals surface area (Å²) in [4.78, 5) is 27.4. The Morgan fingerprint density at radius 3 is 2.45 bits per heavy atom. The van der Waals surface area contributed by atoms with Crippen molar-refractivity contribution in [2.45, 2.75) is 12.8 Å². The molecule has 0 atom stereocenters. The lowest BCUT2D eigenvalue weighted by Gasteiger charge is -2.00. The molecule has 0 aromatic rings. The van der Waals surface area contributed by atoms with Crippen LogP contribution in [-0.4, -0.2) is 21.7 Å². The van der Waals surface area contributed by atoms with E-state index in [1.54, 1.807) is 0 Å². The first-order valence-corrected chi connectivity index (χ1v) is 4.92. The molecule has 2 N–H and O–H groups in total. The molecule has 0 aromatic carbocycles. The summed E-state index contributed by atoms with van der Waals surface area (Å²) in [7, 11) is -4.15. The molecule has 0 radical (unpaired) electrons. The molecule has 0 saturated carbocycles. The third-order valence-electron chi connectivity index (χ3n) is 1.01. The van der Waals surface area contributed by atoms with E-state index < -0.39 is 19.5 Å². The average molecular weight is 178 g/mol. The summed E-state index contributed by atoms with van der Waals surface area (Å²) in [5.74, 6) is -0.418. The summed E-state index contributed by atoms with van der Waals surface area (Å²) in [6.45, 7) is 3.38. The summed E-state index contributed by atoms with van der Waals surface area (Å²) in [5, 5.41) is 0. The molecule has 0 spiro atoms. The van der Waals surface area contributed by atoms with Gasteiger partial charge in [-0.15, -0.1) is 6.58 Å². The fourth-order valence-electron chi connectivity index (χ4n) is 0.572. The van der Waals surface area contributed by atoms with Gasteiger partial charge in [0.1, 0.15) is 11.9 Å². The molecular formula is C6H11O4P. The Balaban J connectivity index is 3.70. The van der Waals surface area contributed by atoms with Gasteiger partial charge in [-0.05, 0) is 6.42 Å². The van der Waals surface area contributed by atoms with Crippen LogP contribution >= 0.6 is 7.60 Å². The van der Waals surface area contributed by atoms with E-state index in [9.17, 15) is 9.36 Å². The van der Waals surface area contributed by atoms with Crippen LogP contribution < -0.4 is 0 Å². The predicted octanol–water partition coefficient (Wildman–Crippen LogP) is 0.699. The normalized spacial score (nSPS) is 11.1. The molecule has 4 nitrogen and oxygen atoms in total. The number of Topliss-reactive ketones (excluding diaryl/α,β-unsaturated/α-hetero) is 1. The van der Waals surface area contributed by atoms with Crippen molar-refractivity contribution in [1.82, 2.24) is 0 Å². The van der Waals surface area contributed by atoms with Crippen molar-refractivity contribution in [3.8, 4) is 0 Å². The molecule has 0 saturated heterocycles. The van der Waals surface area contributed by atoms with E-state index in [-0.39, 0.29) is 6.42 Å². The lowest BCUT2D eigenvalue weighted by molar-refractivity contribution is -0.116. The van der Waals surface area contributed by atoms with Crippen molar-refractivity contribution < 1.29 is 19.1 Å². The average Bonchev–Trinajstić information content (AvgIpc) is 1.79. The molecular weight excluding hydrogens is 167 g/mol. The summed E-state index contributed by atoms with van der Waals surface area (Å²) in [6.07, 6.45) is 1.52. The Morgan fingerprint density at radius 1 is 1.55 bits per heavy atom. The first-order chi connectivity index (χ1) is 4.95. The van der Waals surface area contributed by atoms with Crippen molar-refractivity contribution in [2.24, 2.45) is 0 Å². The van der Waals surface area contributed by atoms with Crippen LogP contribution in [0.15, 0.2) is 12.7 Å². The second-order valence-corrected chi connectivity index (χ2v) is 3.83. The van der Waals surface area contributed by atoms with Crippen LogP contribution in [0, 0.1) is 0 Å². The minimum atomic E-state index is -4.15. The van der Waals surface area contributed by atoms with Gasteiger partial charge in [0.15, 0.2) is 0 Å². The smallest absolute Gasteiger partial charge is 0.324 e. The Morgan fingerprint density at radius 2 is 2.09 bits per heavy atom. The van der Waals surface area contributed by atoms with Crippen molar-refractivity contribution in [3.05, 3.63) is 12.7 Å². The molecule has 0 bridgehead atoms. The molecule has 0 unspecified atom stereocenters. The van der Waals surface area contributed by atoms with Crippen molar-refractivity contribution >= 4 is 13.4 Å². The van der Waals surface area contributed by atoms with Gasteiger partial charge in [0.25, 0.3) is 0 Å². The van der Waals surface area contributed by atoms with Gasteiger partial charge in [-0.2, -0.15) is 0 Å². The maximum absolute atomic E-state index is 10.7. The minimum absolute atomic E-state index is 0.161. The van der Waals surface area contributed by atoms with E-state index >= 15 is 0 Å². The summed E-state index contributed by atoms with van der Waals surface area (Å²) < 4.78 is 10.3. The first-order valence-electron chi connectivity index (χ1n) is 3.13. The molecule has 0 fully saturated rings. The van der Waals surface area contributed by atoms with Crippen LogP contribution in [0.2, 0.25) is 0 Å². The van der Waals surface area contributed by atoms with Gasteiger partial charge in [0.05, 0.1) is 0 Å². The van der Waals surface area contributed by atoms with Gasteiger partial charge < -0.3 is 9.79 Å². The first kappa shape index (κ1) is 10.6. The van der Waals surface area contributed by atoms with Crippen LogP contribution in [-0.2, 0) is 9.36 Å². The third kappa shape index (κ3) is 7.46. The maximum atomic E-state index is 10.7. The van der Waals surface area contributed by atoms with Crippen LogP contribution in [0.1, 0.15) is 12.8 Å². The minimum Gasteiger partial charge on any atom is -0.324 e. The summed E-state index contributed by atoms with van der Waals surface area (Å²) in [6, 6.07) is 0. The SMILES string of the molecule is C=CCCC(=O)CP(=O)(O)O. The number of rotatable bonds is 5. The number of allylic oxidation sites excluding steroid dienone is 1. The highest BCUT2D eigenvalue weighted by molar-refractivity contribution is 7.52. The highest BCUT2D eigenvalue weighted by Gasteiger charge is 2.17. The molecule has 11 heavy (non-hydrogen) atoms. The standard InChI is InChI=1S/C6H11O4P/c1-2-3-4-6(7)5-11(8,9)10/h2H,1,3-5H2,(H2,8,9,10). The second kappa shape index (κ2) is 4.44. The third-order valence-corrected chi connectivity index (χ3v) is 1.77. The monoisotopic (exact) mass is 178 g/mol. The maximum Gasteiger partial charge on any atom is 0.332 e. The van der Waals surface area contributed by atoms with Gasteiger partial charge in [0, 0.05) is 6.42 Å². The van der Waals surface area contributed by atoms with Gasteiger partial charge in [-0.3, -0.25) is 9.36 Å². The van der Waals surface area contributed by atoms with E-state index in [0.29, 0.717) is 6.42 Å². The highest BCUT2D eigenvalue weighted by Crippen LogP contribution is 2.34. The molecule has 0 aliphatic rings. The Hall–Kier alpha value is -0.440. The Labute approximate surface area is 65.1 Å². The number of carbonyl (C=O) groups excluding carboxylic acids is 1. The molecule has 0 rings (SSSR count). The van der Waals surface area contributed by atoms with Crippen molar-refractivity contribution in [1.29, 1.82) is 0 Å². The quantitative estimate of drug-likeness (QED) is 0.480. The van der Waals surface area contributed by atoms with Gasteiger partial charge in [0.2, 0.25) is 0 Å². The van der Waals surface area contributed by atoms with Crippen LogP contribution in [0.4, 0.5) is 0 Å². The molecule has 0 aliphatic carbocycles. The molecule has 64 valence electrons. The topological polar surface area (TPSA) is 74.6 Å². The van der Waals surface area contributed by atoms with Crippen LogP contribution in [0.5, 0.6) is 0 Å². The zero-order valence-electron chi connectivity index (χ0n) is 6.06. The number of hydrogen-bond acceptors (Lipinski definition) is 2. The Bertz CT molecular complexity index is 193. The lowest BCUT2D eigenvalue weighted by Crippen LogP contribution is -2.03. The van der Waals surface area contributed by atoms with E-state index in [1.165, 1.54) is 6.08 Å². The van der Waals surface area contributed by atoms with Crippen LogP contribution in [0.3, 0.4) is 0 Å². The molecule has 0 aromatic heterocycles. The molecule has 0 aliphatic heterocycles. The highest BCUT2D eigenvalue weighted by atomic mass is 31.2. The Kier molecular flexibility index (Phi) is 4.26. The summed E-state index contributed by atoms with van der Waals surface area (Å²) >= 11 is 0. The van der Waals surface area contributed by atoms with Gasteiger partial charge >= 0.3 is 7.60 Å². The van der Waals surface area contributed by atoms with Crippen LogP contribution in [0.25, 0.3) is 0 Å². The largest absolute Gasteiger partial charge is 0.332 e. The van der Waals surface area contributed by atoms with Gasteiger partial charge in [-0.1, -0.05) is 6.08 Å². The van der Waals surface area contributed by atoms with Crippen molar-refractivity contribution in [2.75, 3.05) is 6.16 Å². The number of carbonyl (C=O) groups is 1. The predicted molar refractivity (Wildman–Crippen MR) is 41.3 cm³/mol. The van der Waals surface area contributed by atoms with Crippen molar-refractivity contribution in [3.63, 3.8) is 0 Å². The number of ketones is 1. The van der Waals surface area contributed by atoms with Gasteiger partial charge in [-0.25, -0.2) is 0 Å². The lowest BCUT2D eigenvalue weighted by atomic mass is 10.2. The fraction of sp³-hybridized carbons (Fsp3) is 0.500. The summed E-state index contributed by atoms with van der Waals surface area (Å²) in [5.41, 5.74) is 0. The molecule has 5 heteroatoms. The zero-order chi connectivity index (χ0) is 8.91. The zero-order valence-corrected chi connectivity index (χ0v) is 6.96. The van der Waals surface area contributed by atoms with E-state index in [2.05, 4.69) is 6.58 Å². The molecule has 0 heterocycles. The fourth-order valence-corrected chi connectivity index (χ4v) is 1.19. The van der Waals surface area contributed by atoms with E-state index in [4.69, 9.17) is 9.79 Å².